The van der Waals surface area contributed by atoms with Crippen LogP contribution in [-0.2, 0) is 12.8 Å². The molecule has 0 radical (unpaired) electrons. The van der Waals surface area contributed by atoms with Crippen molar-refractivity contribution in [1.29, 1.82) is 0 Å². The summed E-state index contributed by atoms with van der Waals surface area (Å²) in [5, 5.41) is 0. The molecule has 0 amide bonds. The predicted molar refractivity (Wildman–Crippen MR) is 65.1 cm³/mol. The van der Waals surface area contributed by atoms with Crippen LogP contribution in [-0.4, -0.2) is 9.97 Å². The molecule has 0 aliphatic heterocycles. The highest BCUT2D eigenvalue weighted by Crippen LogP contribution is 2.08. The van der Waals surface area contributed by atoms with Crippen LogP contribution in [0.25, 0.3) is 0 Å². The number of aromatic nitrogens is 2. The smallest absolute Gasteiger partial charge is 0.0501 e. The molecule has 2 aromatic heterocycles. The van der Waals surface area contributed by atoms with E-state index in [-0.39, 0.29) is 0 Å². The lowest BCUT2D eigenvalue weighted by Gasteiger charge is -2.02. The Labute approximate surface area is 95.4 Å². The average Bonchev–Trinajstić information content (AvgIpc) is 2.33. The van der Waals surface area contributed by atoms with Crippen LogP contribution >= 0.6 is 0 Å². The van der Waals surface area contributed by atoms with Gasteiger partial charge in [-0.1, -0.05) is 13.0 Å². The highest BCUT2D eigenvalue weighted by atomic mass is 14.7. The Kier molecular flexibility index (Phi) is 3.15. The first kappa shape index (κ1) is 10.6. The fourth-order valence-corrected chi connectivity index (χ4v) is 1.49. The van der Waals surface area contributed by atoms with Crippen molar-refractivity contribution in [2.24, 2.45) is 0 Å². The van der Waals surface area contributed by atoms with Gasteiger partial charge in [-0.2, -0.15) is 0 Å². The van der Waals surface area contributed by atoms with E-state index in [0.717, 1.165) is 24.2 Å². The summed E-state index contributed by atoms with van der Waals surface area (Å²) in [5.41, 5.74) is 9.56. The molecular weight excluding hydrogens is 198 g/mol. The number of nitrogen functional groups attached to an aromatic ring is 1. The minimum absolute atomic E-state index is 0.693. The number of nitrogens with two attached hydrogens (primary N) is 1. The van der Waals surface area contributed by atoms with E-state index in [4.69, 9.17) is 5.73 Å². The lowest BCUT2D eigenvalue weighted by molar-refractivity contribution is 0.993. The molecule has 0 unspecified atom stereocenters. The molecule has 0 aromatic carbocycles. The highest BCUT2D eigenvalue weighted by Gasteiger charge is 1.99. The summed E-state index contributed by atoms with van der Waals surface area (Å²) in [7, 11) is 0. The second kappa shape index (κ2) is 4.75. The van der Waals surface area contributed by atoms with Gasteiger partial charge in [-0.15, -0.1) is 0 Å². The quantitative estimate of drug-likeness (QED) is 0.850. The van der Waals surface area contributed by atoms with E-state index in [0.29, 0.717) is 5.69 Å². The normalized spacial score (nSPS) is 10.3. The molecule has 3 nitrogen and oxygen atoms in total. The largest absolute Gasteiger partial charge is 0.397 e. The van der Waals surface area contributed by atoms with Gasteiger partial charge in [0, 0.05) is 24.0 Å². The Morgan fingerprint density at radius 3 is 2.19 bits per heavy atom. The lowest BCUT2D eigenvalue weighted by atomic mass is 10.1. The van der Waals surface area contributed by atoms with Crippen LogP contribution in [0.3, 0.4) is 0 Å². The number of rotatable bonds is 3. The summed E-state index contributed by atoms with van der Waals surface area (Å²) in [4.78, 5) is 8.65. The molecular formula is C13H15N3. The summed E-state index contributed by atoms with van der Waals surface area (Å²) in [5.74, 6) is 0. The third kappa shape index (κ3) is 2.57. The van der Waals surface area contributed by atoms with E-state index >= 15 is 0 Å². The van der Waals surface area contributed by atoms with E-state index < -0.39 is 0 Å². The molecule has 0 spiro atoms. The topological polar surface area (TPSA) is 51.8 Å². The minimum Gasteiger partial charge on any atom is -0.397 e. The molecule has 2 heterocycles. The van der Waals surface area contributed by atoms with Gasteiger partial charge in [0.25, 0.3) is 0 Å². The fourth-order valence-electron chi connectivity index (χ4n) is 1.49. The summed E-state index contributed by atoms with van der Waals surface area (Å²) >= 11 is 0. The van der Waals surface area contributed by atoms with Crippen LogP contribution in [0.15, 0.2) is 36.7 Å². The van der Waals surface area contributed by atoms with Gasteiger partial charge in [-0.05, 0) is 30.2 Å². The zero-order valence-electron chi connectivity index (χ0n) is 9.35. The van der Waals surface area contributed by atoms with Gasteiger partial charge >= 0.3 is 0 Å². The third-order valence-electron chi connectivity index (χ3n) is 2.50. The monoisotopic (exact) mass is 213 g/mol. The maximum Gasteiger partial charge on any atom is 0.0501 e. The van der Waals surface area contributed by atoms with E-state index in [1.54, 1.807) is 6.20 Å². The van der Waals surface area contributed by atoms with Crippen molar-refractivity contribution in [3.05, 3.63) is 53.6 Å². The van der Waals surface area contributed by atoms with Gasteiger partial charge in [0.1, 0.15) is 0 Å². The third-order valence-corrected chi connectivity index (χ3v) is 2.50. The molecule has 82 valence electrons. The van der Waals surface area contributed by atoms with Gasteiger partial charge in [0.2, 0.25) is 0 Å². The van der Waals surface area contributed by atoms with E-state index in [9.17, 15) is 0 Å². The van der Waals surface area contributed by atoms with Crippen molar-refractivity contribution in [2.75, 3.05) is 5.73 Å². The maximum atomic E-state index is 5.58. The van der Waals surface area contributed by atoms with Crippen molar-refractivity contribution in [3.63, 3.8) is 0 Å². The van der Waals surface area contributed by atoms with Gasteiger partial charge in [-0.25, -0.2) is 0 Å². The Balaban J connectivity index is 2.11. The molecule has 3 heteroatoms. The van der Waals surface area contributed by atoms with Crippen LogP contribution in [0.2, 0.25) is 0 Å². The van der Waals surface area contributed by atoms with Crippen molar-refractivity contribution in [1.82, 2.24) is 9.97 Å². The molecule has 0 saturated carbocycles. The Morgan fingerprint density at radius 1 is 1.00 bits per heavy atom. The number of nitrogens with zero attached hydrogens (tertiary/aromatic N) is 2. The molecule has 0 saturated heterocycles. The van der Waals surface area contributed by atoms with Crippen molar-refractivity contribution >= 4 is 5.69 Å². The molecule has 0 aliphatic rings. The second-order valence-corrected chi connectivity index (χ2v) is 3.77. The first-order valence-corrected chi connectivity index (χ1v) is 5.42. The summed E-state index contributed by atoms with van der Waals surface area (Å²) in [6, 6.07) is 7.96. The Hall–Kier alpha value is -1.90. The van der Waals surface area contributed by atoms with Gasteiger partial charge < -0.3 is 5.73 Å². The maximum absolute atomic E-state index is 5.58. The number of hydrogen-bond donors (Lipinski definition) is 1. The van der Waals surface area contributed by atoms with Crippen LogP contribution in [0.1, 0.15) is 23.9 Å². The molecule has 0 fully saturated rings. The molecule has 2 rings (SSSR count). The molecule has 0 bridgehead atoms. The zero-order chi connectivity index (χ0) is 11.4. The van der Waals surface area contributed by atoms with Crippen LogP contribution in [0.4, 0.5) is 5.69 Å². The van der Waals surface area contributed by atoms with Crippen LogP contribution < -0.4 is 5.73 Å². The average molecular weight is 213 g/mol. The molecule has 2 aromatic rings. The first-order chi connectivity index (χ1) is 7.78. The summed E-state index contributed by atoms with van der Waals surface area (Å²) in [6.07, 6.45) is 5.38. The highest BCUT2D eigenvalue weighted by molar-refractivity contribution is 5.35. The Morgan fingerprint density at radius 2 is 1.69 bits per heavy atom. The van der Waals surface area contributed by atoms with E-state index in [1.165, 1.54) is 5.56 Å². The number of hydrogen-bond acceptors (Lipinski definition) is 3. The zero-order valence-corrected chi connectivity index (χ0v) is 9.35. The van der Waals surface area contributed by atoms with Crippen molar-refractivity contribution in [2.45, 2.75) is 19.8 Å². The number of anilines is 1. The first-order valence-electron chi connectivity index (χ1n) is 5.42. The molecule has 16 heavy (non-hydrogen) atoms. The van der Waals surface area contributed by atoms with Gasteiger partial charge in [-0.3, -0.25) is 9.97 Å². The standard InChI is InChI=1S/C13H15N3/c1-2-10-3-5-12(15-8-10)7-13-6-4-11(14)9-16-13/h3-6,8-9H,2,7,14H2,1H3. The van der Waals surface area contributed by atoms with Crippen LogP contribution in [0, 0.1) is 0 Å². The number of pyridine rings is 2. The van der Waals surface area contributed by atoms with Crippen LogP contribution in [0.5, 0.6) is 0 Å². The SMILES string of the molecule is CCc1ccc(Cc2ccc(N)cn2)nc1. The fraction of sp³-hybridized carbons (Fsp3) is 0.231. The molecule has 0 aliphatic carbocycles. The van der Waals surface area contributed by atoms with E-state index in [1.807, 2.05) is 18.3 Å². The van der Waals surface area contributed by atoms with Gasteiger partial charge in [0.05, 0.1) is 11.9 Å². The van der Waals surface area contributed by atoms with Crippen molar-refractivity contribution < 1.29 is 0 Å². The number of aryl methyl sites for hydroxylation is 1. The van der Waals surface area contributed by atoms with Gasteiger partial charge in [0.15, 0.2) is 0 Å². The van der Waals surface area contributed by atoms with E-state index in [2.05, 4.69) is 29.0 Å². The summed E-state index contributed by atoms with van der Waals surface area (Å²) in [6.45, 7) is 2.12. The van der Waals surface area contributed by atoms with Crippen molar-refractivity contribution in [3.8, 4) is 0 Å². The predicted octanol–water partition coefficient (Wildman–Crippen LogP) is 2.21. The second-order valence-electron chi connectivity index (χ2n) is 3.77. The minimum atomic E-state index is 0.693. The summed E-state index contributed by atoms with van der Waals surface area (Å²) < 4.78 is 0. The molecule has 0 atom stereocenters. The molecule has 2 N–H and O–H groups in total. The lowest BCUT2D eigenvalue weighted by Crippen LogP contribution is -1.96. The Bertz CT molecular complexity index is 446.